The van der Waals surface area contributed by atoms with E-state index in [-0.39, 0.29) is 18.0 Å². The van der Waals surface area contributed by atoms with Gasteiger partial charge in [-0.25, -0.2) is 4.79 Å². The van der Waals surface area contributed by atoms with Crippen molar-refractivity contribution in [3.8, 4) is 0 Å². The van der Waals surface area contributed by atoms with Crippen molar-refractivity contribution in [3.05, 3.63) is 0 Å². The summed E-state index contributed by atoms with van der Waals surface area (Å²) in [5, 5.41) is 12.2. The molecule has 1 saturated heterocycles. The van der Waals surface area contributed by atoms with E-state index in [4.69, 9.17) is 0 Å². The summed E-state index contributed by atoms with van der Waals surface area (Å²) in [5.41, 5.74) is -0.718. The van der Waals surface area contributed by atoms with Gasteiger partial charge >= 0.3 is 6.03 Å². The van der Waals surface area contributed by atoms with Gasteiger partial charge in [0.15, 0.2) is 0 Å². The van der Waals surface area contributed by atoms with Gasteiger partial charge in [-0.2, -0.15) is 0 Å². The molecule has 0 aromatic rings. The van der Waals surface area contributed by atoms with Crippen LogP contribution in [0.2, 0.25) is 0 Å². The molecule has 6 heteroatoms. The number of hydrogen-bond donors (Lipinski definition) is 4. The fourth-order valence-corrected chi connectivity index (χ4v) is 3.34. The van der Waals surface area contributed by atoms with Crippen molar-refractivity contribution in [2.75, 3.05) is 19.6 Å². The highest BCUT2D eigenvalue weighted by Crippen LogP contribution is 2.30. The van der Waals surface area contributed by atoms with Gasteiger partial charge < -0.3 is 21.3 Å². The summed E-state index contributed by atoms with van der Waals surface area (Å²) < 4.78 is 0. The third-order valence-electron chi connectivity index (χ3n) is 4.68. The number of urea groups is 1. The van der Waals surface area contributed by atoms with Crippen LogP contribution in [0.3, 0.4) is 0 Å². The van der Waals surface area contributed by atoms with Crippen LogP contribution in [0.1, 0.15) is 46.0 Å². The van der Waals surface area contributed by atoms with Crippen LogP contribution in [0.25, 0.3) is 0 Å². The summed E-state index contributed by atoms with van der Waals surface area (Å²) in [6.45, 7) is 6.45. The van der Waals surface area contributed by atoms with E-state index in [1.165, 1.54) is 0 Å². The molecule has 1 heterocycles. The van der Waals surface area contributed by atoms with Crippen molar-refractivity contribution < 1.29 is 9.59 Å². The first-order valence-corrected chi connectivity index (χ1v) is 8.15. The summed E-state index contributed by atoms with van der Waals surface area (Å²) in [4.78, 5) is 24.6. The van der Waals surface area contributed by atoms with Crippen LogP contribution in [-0.4, -0.2) is 43.2 Å². The molecule has 6 nitrogen and oxygen atoms in total. The van der Waals surface area contributed by atoms with E-state index in [2.05, 4.69) is 28.2 Å². The quantitative estimate of drug-likeness (QED) is 0.617. The van der Waals surface area contributed by atoms with Crippen molar-refractivity contribution in [2.24, 2.45) is 5.92 Å². The maximum Gasteiger partial charge on any atom is 0.315 e. The lowest BCUT2D eigenvalue weighted by atomic mass is 9.91. The Morgan fingerprint density at radius 3 is 2.62 bits per heavy atom. The van der Waals surface area contributed by atoms with E-state index in [0.29, 0.717) is 12.5 Å². The molecule has 0 spiro atoms. The van der Waals surface area contributed by atoms with Crippen LogP contribution >= 0.6 is 0 Å². The molecule has 2 fully saturated rings. The Hall–Kier alpha value is -1.30. The first-order valence-electron chi connectivity index (χ1n) is 8.15. The Balaban J connectivity index is 1.99. The summed E-state index contributed by atoms with van der Waals surface area (Å²) in [6, 6.07) is -0.0415. The molecule has 21 heavy (non-hydrogen) atoms. The van der Waals surface area contributed by atoms with Gasteiger partial charge in [0.05, 0.1) is 0 Å². The average Bonchev–Trinajstić information content (AvgIpc) is 2.91. The smallest absolute Gasteiger partial charge is 0.315 e. The van der Waals surface area contributed by atoms with E-state index in [1.807, 2.05) is 6.92 Å². The van der Waals surface area contributed by atoms with E-state index in [1.54, 1.807) is 0 Å². The standard InChI is InChI=1S/C15H28N4O2/c1-3-17-14(21)19-15(7-4-5-8-15)13(20)18-12-6-9-16-10-11(12)2/h11-12,16H,3-10H2,1-2H3,(H,18,20)(H2,17,19,21). The van der Waals surface area contributed by atoms with Gasteiger partial charge in [-0.3, -0.25) is 4.79 Å². The molecule has 1 aliphatic heterocycles. The molecule has 2 aliphatic rings. The third kappa shape index (κ3) is 3.87. The summed E-state index contributed by atoms with van der Waals surface area (Å²) >= 11 is 0. The van der Waals surface area contributed by atoms with Crippen LogP contribution in [0, 0.1) is 5.92 Å². The first-order chi connectivity index (χ1) is 10.1. The van der Waals surface area contributed by atoms with E-state index >= 15 is 0 Å². The zero-order chi connectivity index (χ0) is 15.3. The number of rotatable bonds is 4. The molecule has 0 bridgehead atoms. The fourth-order valence-electron chi connectivity index (χ4n) is 3.34. The maximum absolute atomic E-state index is 12.7. The SMILES string of the molecule is CCNC(=O)NC1(C(=O)NC2CCNCC2C)CCCC1. The third-order valence-corrected chi connectivity index (χ3v) is 4.68. The fraction of sp³-hybridized carbons (Fsp3) is 0.867. The van der Waals surface area contributed by atoms with Crippen molar-refractivity contribution in [3.63, 3.8) is 0 Å². The Morgan fingerprint density at radius 1 is 1.29 bits per heavy atom. The van der Waals surface area contributed by atoms with Crippen LogP contribution < -0.4 is 21.3 Å². The monoisotopic (exact) mass is 296 g/mol. The van der Waals surface area contributed by atoms with Gasteiger partial charge in [-0.05, 0) is 45.2 Å². The van der Waals surface area contributed by atoms with E-state index < -0.39 is 5.54 Å². The summed E-state index contributed by atoms with van der Waals surface area (Å²) in [7, 11) is 0. The van der Waals surface area contributed by atoms with Gasteiger partial charge in [0.1, 0.15) is 5.54 Å². The first kappa shape index (κ1) is 16.1. The molecule has 4 N–H and O–H groups in total. The molecule has 0 aromatic heterocycles. The Morgan fingerprint density at radius 2 is 2.00 bits per heavy atom. The Bertz CT molecular complexity index is 380. The molecular formula is C15H28N4O2. The summed E-state index contributed by atoms with van der Waals surface area (Å²) in [6.07, 6.45) is 4.39. The van der Waals surface area contributed by atoms with E-state index in [9.17, 15) is 9.59 Å². The topological polar surface area (TPSA) is 82.3 Å². The van der Waals surface area contributed by atoms with Crippen molar-refractivity contribution >= 4 is 11.9 Å². The average molecular weight is 296 g/mol. The van der Waals surface area contributed by atoms with Gasteiger partial charge in [0.2, 0.25) is 5.91 Å². The predicted octanol–water partition coefficient (Wildman–Crippen LogP) is 0.733. The lowest BCUT2D eigenvalue weighted by Crippen LogP contribution is -2.62. The largest absolute Gasteiger partial charge is 0.351 e. The zero-order valence-corrected chi connectivity index (χ0v) is 13.1. The maximum atomic E-state index is 12.7. The van der Waals surface area contributed by atoms with Crippen LogP contribution in [-0.2, 0) is 4.79 Å². The number of carbonyl (C=O) groups is 2. The molecule has 2 rings (SSSR count). The van der Waals surface area contributed by atoms with Crippen molar-refractivity contribution in [2.45, 2.75) is 57.5 Å². The number of amides is 3. The molecule has 0 radical (unpaired) electrons. The second-order valence-corrected chi connectivity index (χ2v) is 6.32. The molecule has 2 unspecified atom stereocenters. The Kier molecular flexibility index (Phi) is 5.45. The van der Waals surface area contributed by atoms with Gasteiger partial charge in [-0.15, -0.1) is 0 Å². The normalized spacial score (nSPS) is 27.9. The second kappa shape index (κ2) is 7.11. The Labute approximate surface area is 126 Å². The minimum Gasteiger partial charge on any atom is -0.351 e. The van der Waals surface area contributed by atoms with Crippen molar-refractivity contribution in [1.82, 2.24) is 21.3 Å². The highest BCUT2D eigenvalue weighted by atomic mass is 16.2. The number of piperidine rings is 1. The number of nitrogens with one attached hydrogen (secondary N) is 4. The van der Waals surface area contributed by atoms with Crippen LogP contribution in [0.5, 0.6) is 0 Å². The number of hydrogen-bond acceptors (Lipinski definition) is 3. The zero-order valence-electron chi connectivity index (χ0n) is 13.1. The minimum absolute atomic E-state index is 0.00926. The summed E-state index contributed by atoms with van der Waals surface area (Å²) in [5.74, 6) is 0.413. The highest BCUT2D eigenvalue weighted by Gasteiger charge is 2.43. The lowest BCUT2D eigenvalue weighted by molar-refractivity contribution is -0.128. The van der Waals surface area contributed by atoms with Crippen LogP contribution in [0.15, 0.2) is 0 Å². The second-order valence-electron chi connectivity index (χ2n) is 6.32. The lowest BCUT2D eigenvalue weighted by Gasteiger charge is -2.35. The highest BCUT2D eigenvalue weighted by molar-refractivity contribution is 5.91. The molecule has 1 saturated carbocycles. The molecule has 0 aromatic carbocycles. The van der Waals surface area contributed by atoms with Gasteiger partial charge in [0.25, 0.3) is 0 Å². The molecular weight excluding hydrogens is 268 g/mol. The van der Waals surface area contributed by atoms with Crippen LogP contribution in [0.4, 0.5) is 4.79 Å². The van der Waals surface area contributed by atoms with Gasteiger partial charge in [-0.1, -0.05) is 19.8 Å². The number of carbonyl (C=O) groups excluding carboxylic acids is 2. The molecule has 3 amide bonds. The predicted molar refractivity (Wildman–Crippen MR) is 82.0 cm³/mol. The molecule has 2 atom stereocenters. The van der Waals surface area contributed by atoms with Gasteiger partial charge in [0, 0.05) is 12.6 Å². The van der Waals surface area contributed by atoms with Crippen molar-refractivity contribution in [1.29, 1.82) is 0 Å². The molecule has 120 valence electrons. The minimum atomic E-state index is -0.718. The molecule has 1 aliphatic carbocycles. The van der Waals surface area contributed by atoms with E-state index in [0.717, 1.165) is 45.2 Å².